The lowest BCUT2D eigenvalue weighted by molar-refractivity contribution is -0.161. The molecule has 0 rings (SSSR count). The van der Waals surface area contributed by atoms with Crippen LogP contribution in [-0.4, -0.2) is 66.5 Å². The van der Waals surface area contributed by atoms with Crippen molar-refractivity contribution in [3.8, 4) is 0 Å². The minimum atomic E-state index is -4.80. The number of allylic oxidation sites excluding steroid dienone is 21. The number of rotatable bonds is 52. The van der Waals surface area contributed by atoms with E-state index in [2.05, 4.69) is 118 Å². The van der Waals surface area contributed by atoms with Crippen molar-refractivity contribution in [2.45, 2.75) is 226 Å². The molecule has 2 N–H and O–H groups in total. The Labute approximate surface area is 461 Å². The van der Waals surface area contributed by atoms with E-state index in [9.17, 15) is 28.9 Å². The van der Waals surface area contributed by atoms with E-state index in [4.69, 9.17) is 23.3 Å². The lowest BCUT2D eigenvalue weighted by Gasteiger charge is -2.21. The molecule has 0 aliphatic carbocycles. The molecule has 0 amide bonds. The minimum Gasteiger partial charge on any atom is -0.462 e. The van der Waals surface area contributed by atoms with Gasteiger partial charge in [0.05, 0.1) is 26.2 Å². The fourth-order valence-corrected chi connectivity index (χ4v) is 8.01. The molecule has 0 fully saturated rings. The van der Waals surface area contributed by atoms with Crippen LogP contribution in [0.5, 0.6) is 0 Å². The first-order valence-electron chi connectivity index (χ1n) is 29.1. The number of unbranched alkanes of at least 4 members (excludes halogenated alkanes) is 14. The van der Waals surface area contributed by atoms with Crippen LogP contribution in [-0.2, 0) is 42.2 Å². The number of carbonyl (C=O) groups is 3. The minimum absolute atomic E-state index is 0.0664. The van der Waals surface area contributed by atoms with Crippen LogP contribution in [0.15, 0.2) is 134 Å². The van der Waals surface area contributed by atoms with Gasteiger partial charge >= 0.3 is 25.7 Å². The maximum atomic E-state index is 12.9. The molecule has 0 aromatic carbocycles. The van der Waals surface area contributed by atoms with E-state index in [0.29, 0.717) is 25.7 Å². The van der Waals surface area contributed by atoms with E-state index in [1.807, 2.05) is 30.4 Å². The van der Waals surface area contributed by atoms with Crippen molar-refractivity contribution < 1.29 is 52.2 Å². The SMILES string of the molecule is CC/C=C\C/C=C\C/C=C\C/C=C\C/C=C\CCCC(=O)OC(COC(=O)CCCCCCCCC/C=C\CCCCCCCC)COP(=O)(O)OCC(CO)OC(=O)C/C=C\C/C=C\C/C=C\C/C=C\C/C=C\CC. The largest absolute Gasteiger partial charge is 0.472 e. The smallest absolute Gasteiger partial charge is 0.462 e. The third-order valence-electron chi connectivity index (χ3n) is 11.6. The fourth-order valence-electron chi connectivity index (χ4n) is 7.23. The Kier molecular flexibility index (Phi) is 53.5. The van der Waals surface area contributed by atoms with Gasteiger partial charge in [-0.1, -0.05) is 219 Å². The molecule has 0 bridgehead atoms. The van der Waals surface area contributed by atoms with E-state index in [1.165, 1.54) is 64.2 Å². The maximum Gasteiger partial charge on any atom is 0.472 e. The van der Waals surface area contributed by atoms with Crippen molar-refractivity contribution >= 4 is 25.7 Å². The van der Waals surface area contributed by atoms with Gasteiger partial charge in [-0.15, -0.1) is 0 Å². The Morgan fingerprint density at radius 1 is 0.395 bits per heavy atom. The fraction of sp³-hybridized carbons (Fsp3) is 0.609. The predicted molar refractivity (Wildman–Crippen MR) is 316 cm³/mol. The van der Waals surface area contributed by atoms with Gasteiger partial charge in [0.1, 0.15) is 12.7 Å². The highest BCUT2D eigenvalue weighted by atomic mass is 31.2. The third-order valence-corrected chi connectivity index (χ3v) is 12.5. The summed E-state index contributed by atoms with van der Waals surface area (Å²) in [6.07, 6.45) is 71.6. The van der Waals surface area contributed by atoms with Gasteiger partial charge in [0, 0.05) is 12.8 Å². The second kappa shape index (κ2) is 56.8. The van der Waals surface area contributed by atoms with Crippen LogP contribution >= 0.6 is 7.82 Å². The summed E-state index contributed by atoms with van der Waals surface area (Å²) in [5.74, 6) is -1.69. The third kappa shape index (κ3) is 54.4. The van der Waals surface area contributed by atoms with Crippen molar-refractivity contribution in [3.05, 3.63) is 134 Å². The second-order valence-corrected chi connectivity index (χ2v) is 20.2. The second-order valence-electron chi connectivity index (χ2n) is 18.7. The summed E-state index contributed by atoms with van der Waals surface area (Å²) in [5, 5.41) is 9.79. The zero-order chi connectivity index (χ0) is 55.5. The Bertz CT molecular complexity index is 1780. The number of phosphoric acid groups is 1. The molecule has 0 aromatic rings. The predicted octanol–water partition coefficient (Wildman–Crippen LogP) is 17.4. The van der Waals surface area contributed by atoms with Gasteiger partial charge in [-0.05, 0) is 109 Å². The van der Waals surface area contributed by atoms with Crippen molar-refractivity contribution in [3.63, 3.8) is 0 Å². The normalized spacial score (nSPS) is 14.3. The van der Waals surface area contributed by atoms with Crippen molar-refractivity contribution in [2.75, 3.05) is 26.4 Å². The molecule has 430 valence electrons. The van der Waals surface area contributed by atoms with Gasteiger partial charge in [0.25, 0.3) is 0 Å². The highest BCUT2D eigenvalue weighted by molar-refractivity contribution is 7.47. The van der Waals surface area contributed by atoms with Gasteiger partial charge in [-0.2, -0.15) is 0 Å². The molecule has 0 saturated heterocycles. The highest BCUT2D eigenvalue weighted by Crippen LogP contribution is 2.43. The van der Waals surface area contributed by atoms with Gasteiger partial charge < -0.3 is 24.2 Å². The van der Waals surface area contributed by atoms with Crippen molar-refractivity contribution in [1.82, 2.24) is 0 Å². The molecule has 3 atom stereocenters. The van der Waals surface area contributed by atoms with Gasteiger partial charge in [0.2, 0.25) is 0 Å². The van der Waals surface area contributed by atoms with E-state index in [0.717, 1.165) is 83.5 Å². The number of esters is 3. The van der Waals surface area contributed by atoms with Crippen molar-refractivity contribution in [1.29, 1.82) is 0 Å². The van der Waals surface area contributed by atoms with Crippen LogP contribution in [0.4, 0.5) is 0 Å². The highest BCUT2D eigenvalue weighted by Gasteiger charge is 2.28. The summed E-state index contributed by atoms with van der Waals surface area (Å²) in [6.45, 7) is 4.22. The first kappa shape index (κ1) is 71.6. The van der Waals surface area contributed by atoms with Crippen LogP contribution < -0.4 is 0 Å². The van der Waals surface area contributed by atoms with Crippen LogP contribution in [0.1, 0.15) is 213 Å². The van der Waals surface area contributed by atoms with Crippen LogP contribution in [0, 0.1) is 0 Å². The van der Waals surface area contributed by atoms with Crippen LogP contribution in [0.2, 0.25) is 0 Å². The molecular formula is C64H103O11P. The lowest BCUT2D eigenvalue weighted by atomic mass is 10.1. The summed E-state index contributed by atoms with van der Waals surface area (Å²) in [6, 6.07) is 0. The summed E-state index contributed by atoms with van der Waals surface area (Å²) in [4.78, 5) is 48.5. The Morgan fingerprint density at radius 3 is 1.21 bits per heavy atom. The molecule has 0 aromatic heterocycles. The van der Waals surface area contributed by atoms with Gasteiger partial charge in [-0.25, -0.2) is 4.57 Å². The van der Waals surface area contributed by atoms with E-state index in [1.54, 1.807) is 6.08 Å². The monoisotopic (exact) mass is 1080 g/mol. The Balaban J connectivity index is 4.91. The number of carbonyl (C=O) groups excluding carboxylic acids is 3. The number of aliphatic hydroxyl groups excluding tert-OH is 1. The maximum absolute atomic E-state index is 12.9. The average molecular weight is 1080 g/mol. The Hall–Kier alpha value is -4.38. The molecule has 0 spiro atoms. The van der Waals surface area contributed by atoms with Gasteiger partial charge in [0.15, 0.2) is 6.10 Å². The number of hydrogen-bond acceptors (Lipinski definition) is 10. The molecule has 0 aliphatic rings. The number of hydrogen-bond donors (Lipinski definition) is 2. The van der Waals surface area contributed by atoms with Gasteiger partial charge in [-0.3, -0.25) is 23.4 Å². The van der Waals surface area contributed by atoms with E-state index in [-0.39, 0.29) is 25.9 Å². The quantitative estimate of drug-likeness (QED) is 0.0197. The molecular weight excluding hydrogens is 976 g/mol. The van der Waals surface area contributed by atoms with E-state index < -0.39 is 57.8 Å². The lowest BCUT2D eigenvalue weighted by Crippen LogP contribution is -2.30. The molecule has 3 unspecified atom stereocenters. The number of aliphatic hydroxyl groups is 1. The number of ether oxygens (including phenoxy) is 3. The topological polar surface area (TPSA) is 155 Å². The van der Waals surface area contributed by atoms with E-state index >= 15 is 0 Å². The summed E-state index contributed by atoms with van der Waals surface area (Å²) in [7, 11) is -4.80. The average Bonchev–Trinajstić information content (AvgIpc) is 3.41. The molecule has 12 heteroatoms. The molecule has 11 nitrogen and oxygen atoms in total. The molecule has 0 aliphatic heterocycles. The standard InChI is InChI=1S/C64H103O11P/c1-4-7-10-13-16-19-22-25-28-30-33-35-38-41-44-47-50-53-62(66)71-57-61(75-64(68)55-52-49-46-43-40-37-34-31-29-26-23-20-17-14-11-8-5-2)59-73-76(69,70)72-58-60(56-65)74-63(67)54-51-48-45-42-39-36-32-27-24-21-18-15-12-9-6-3/h8-9,11-12,17-18,20-21,25-29,32,34,37,39,42-43,46,48,51,60-61,65H,4-7,10,13-16,19,22-24,30-31,33,35-36,38,40-41,44-45,47,49-50,52-59H2,1-3H3,(H,69,70)/b11-8-,12-9-,20-17-,21-18-,28-25-,29-26-,32-27-,37-34-,42-39-,46-43-,51-48-. The summed E-state index contributed by atoms with van der Waals surface area (Å²) < 4.78 is 39.3. The molecule has 0 saturated carbocycles. The zero-order valence-electron chi connectivity index (χ0n) is 47.4. The molecule has 76 heavy (non-hydrogen) atoms. The first-order valence-corrected chi connectivity index (χ1v) is 30.6. The van der Waals surface area contributed by atoms with Crippen molar-refractivity contribution in [2.24, 2.45) is 0 Å². The zero-order valence-corrected chi connectivity index (χ0v) is 48.3. The summed E-state index contributed by atoms with van der Waals surface area (Å²) >= 11 is 0. The first-order chi connectivity index (χ1) is 37.2. The molecule has 0 heterocycles. The molecule has 0 radical (unpaired) electrons. The van der Waals surface area contributed by atoms with Crippen LogP contribution in [0.25, 0.3) is 0 Å². The summed E-state index contributed by atoms with van der Waals surface area (Å²) in [5.41, 5.74) is 0. The number of phosphoric ester groups is 1. The Morgan fingerprint density at radius 2 is 0.750 bits per heavy atom. The van der Waals surface area contributed by atoms with Crippen LogP contribution in [0.3, 0.4) is 0 Å².